The predicted octanol–water partition coefficient (Wildman–Crippen LogP) is 4.22. The van der Waals surface area contributed by atoms with Crippen LogP contribution in [-0.2, 0) is 9.59 Å². The molecule has 1 aliphatic heterocycles. The van der Waals surface area contributed by atoms with E-state index in [2.05, 4.69) is 4.90 Å². The van der Waals surface area contributed by atoms with Crippen LogP contribution in [0.1, 0.15) is 31.0 Å². The average Bonchev–Trinajstić information content (AvgIpc) is 3.13. The number of hydrogen-bond donors (Lipinski definition) is 2. The van der Waals surface area contributed by atoms with Gasteiger partial charge in [0, 0.05) is 24.7 Å². The summed E-state index contributed by atoms with van der Waals surface area (Å²) in [6, 6.07) is 15.4. The van der Waals surface area contributed by atoms with E-state index in [1.807, 2.05) is 38.1 Å². The van der Waals surface area contributed by atoms with Gasteiger partial charge in [-0.15, -0.1) is 0 Å². The van der Waals surface area contributed by atoms with Gasteiger partial charge in [0.05, 0.1) is 16.5 Å². The molecule has 1 amide bonds. The van der Waals surface area contributed by atoms with Crippen LogP contribution in [-0.4, -0.2) is 62.8 Å². The zero-order valence-corrected chi connectivity index (χ0v) is 20.0. The Hall–Kier alpha value is -4.24. The number of phenolic OH excluding ortho intramolecular Hbond substituents is 1. The Bertz CT molecular complexity index is 1380. The van der Waals surface area contributed by atoms with Gasteiger partial charge < -0.3 is 20.0 Å². The number of hydrogen-bond acceptors (Lipinski definition) is 7. The molecule has 1 unspecified atom stereocenters. The number of likely N-dealkylation sites (N-methyl/N-ethyl adjacent to an activating group) is 1. The first-order chi connectivity index (χ1) is 17.3. The molecule has 1 saturated heterocycles. The van der Waals surface area contributed by atoms with Crippen LogP contribution >= 0.6 is 0 Å². The number of aliphatic hydroxyl groups excluding tert-OH is 1. The van der Waals surface area contributed by atoms with Crippen molar-refractivity contribution >= 4 is 33.9 Å². The second-order valence-corrected chi connectivity index (χ2v) is 8.59. The molecule has 36 heavy (non-hydrogen) atoms. The number of benzene rings is 3. The lowest BCUT2D eigenvalue weighted by atomic mass is 9.94. The third-order valence-corrected chi connectivity index (χ3v) is 6.63. The maximum atomic E-state index is 13.2. The Kier molecular flexibility index (Phi) is 7.03. The van der Waals surface area contributed by atoms with E-state index in [1.54, 1.807) is 18.2 Å². The van der Waals surface area contributed by atoms with Crippen LogP contribution in [0.15, 0.2) is 66.2 Å². The van der Waals surface area contributed by atoms with E-state index in [0.717, 1.165) is 36.0 Å². The number of carbonyl (C=O) groups excluding carboxylic acids is 2. The fourth-order valence-electron chi connectivity index (χ4n) is 4.60. The molecular formula is C27H27N3O6. The van der Waals surface area contributed by atoms with Crippen molar-refractivity contribution in [2.75, 3.05) is 26.2 Å². The van der Waals surface area contributed by atoms with Gasteiger partial charge in [-0.25, -0.2) is 0 Å². The lowest BCUT2D eigenvalue weighted by molar-refractivity contribution is -0.385. The molecule has 1 fully saturated rings. The Labute approximate surface area is 208 Å². The fourth-order valence-corrected chi connectivity index (χ4v) is 4.60. The van der Waals surface area contributed by atoms with Gasteiger partial charge in [-0.2, -0.15) is 0 Å². The molecule has 9 heteroatoms. The molecule has 4 rings (SSSR count). The highest BCUT2D eigenvalue weighted by Crippen LogP contribution is 2.41. The van der Waals surface area contributed by atoms with Crippen LogP contribution in [0.3, 0.4) is 0 Å². The smallest absolute Gasteiger partial charge is 0.311 e. The van der Waals surface area contributed by atoms with Crippen molar-refractivity contribution in [3.8, 4) is 5.75 Å². The van der Waals surface area contributed by atoms with Crippen LogP contribution in [0.25, 0.3) is 16.5 Å². The van der Waals surface area contributed by atoms with Gasteiger partial charge in [0.15, 0.2) is 5.75 Å². The summed E-state index contributed by atoms with van der Waals surface area (Å²) in [4.78, 5) is 40.6. The van der Waals surface area contributed by atoms with Gasteiger partial charge >= 0.3 is 5.69 Å². The summed E-state index contributed by atoms with van der Waals surface area (Å²) in [6.45, 7) is 6.11. The Morgan fingerprint density at radius 2 is 1.72 bits per heavy atom. The number of phenols is 1. The van der Waals surface area contributed by atoms with E-state index in [-0.39, 0.29) is 23.4 Å². The summed E-state index contributed by atoms with van der Waals surface area (Å²) in [5.41, 5.74) is -0.0864. The summed E-state index contributed by atoms with van der Waals surface area (Å²) in [6.07, 6.45) is 0. The quantitative estimate of drug-likeness (QED) is 0.160. The third-order valence-electron chi connectivity index (χ3n) is 6.63. The average molecular weight is 490 g/mol. The maximum absolute atomic E-state index is 13.2. The van der Waals surface area contributed by atoms with Crippen molar-refractivity contribution in [1.29, 1.82) is 0 Å². The molecule has 0 bridgehead atoms. The zero-order chi connectivity index (χ0) is 26.0. The molecule has 0 saturated carbocycles. The molecule has 0 aromatic heterocycles. The number of amides is 1. The Morgan fingerprint density at radius 3 is 2.39 bits per heavy atom. The van der Waals surface area contributed by atoms with E-state index < -0.39 is 34.1 Å². The number of rotatable bonds is 8. The zero-order valence-electron chi connectivity index (χ0n) is 20.0. The molecule has 3 aromatic rings. The minimum Gasteiger partial charge on any atom is -0.507 e. The van der Waals surface area contributed by atoms with Crippen LogP contribution in [0.4, 0.5) is 5.69 Å². The number of likely N-dealkylation sites (tertiary alicyclic amines) is 1. The molecular weight excluding hydrogens is 462 g/mol. The monoisotopic (exact) mass is 489 g/mol. The molecule has 3 aromatic carbocycles. The number of fused-ring (bicyclic) bond motifs is 1. The number of nitrogens with zero attached hydrogens (tertiary/aromatic N) is 3. The first-order valence-corrected chi connectivity index (χ1v) is 11.7. The summed E-state index contributed by atoms with van der Waals surface area (Å²) < 4.78 is 0. The largest absolute Gasteiger partial charge is 0.507 e. The number of aliphatic hydroxyl groups is 1. The van der Waals surface area contributed by atoms with E-state index in [4.69, 9.17) is 0 Å². The lowest BCUT2D eigenvalue weighted by Crippen LogP contribution is -2.38. The van der Waals surface area contributed by atoms with Gasteiger partial charge in [-0.1, -0.05) is 56.3 Å². The molecule has 0 radical (unpaired) electrons. The Morgan fingerprint density at radius 1 is 1.03 bits per heavy atom. The summed E-state index contributed by atoms with van der Waals surface area (Å²) in [5.74, 6) is -2.53. The van der Waals surface area contributed by atoms with Crippen molar-refractivity contribution in [3.05, 3.63) is 87.5 Å². The topological polar surface area (TPSA) is 124 Å². The molecule has 9 nitrogen and oxygen atoms in total. The SMILES string of the molecule is CCN(CC)CCN1C(=O)C(=O)/C(=C(/O)c2ccc3ccccc3c2)C1c1ccc(O)c([N+](=O)[O-])c1. The molecule has 1 aliphatic rings. The molecule has 1 heterocycles. The van der Waals surface area contributed by atoms with Gasteiger partial charge in [0.1, 0.15) is 5.76 Å². The number of nitro groups is 1. The summed E-state index contributed by atoms with van der Waals surface area (Å²) >= 11 is 0. The highest BCUT2D eigenvalue weighted by molar-refractivity contribution is 6.46. The normalized spacial score (nSPS) is 17.3. The maximum Gasteiger partial charge on any atom is 0.311 e. The number of aromatic hydroxyl groups is 1. The van der Waals surface area contributed by atoms with Gasteiger partial charge in [-0.05, 0) is 41.6 Å². The van der Waals surface area contributed by atoms with Crippen LogP contribution in [0.2, 0.25) is 0 Å². The molecule has 1 atom stereocenters. The molecule has 0 aliphatic carbocycles. The minimum absolute atomic E-state index is 0.144. The molecule has 186 valence electrons. The van der Waals surface area contributed by atoms with Crippen LogP contribution < -0.4 is 0 Å². The molecule has 0 spiro atoms. The van der Waals surface area contributed by atoms with Crippen molar-refractivity contribution in [1.82, 2.24) is 9.80 Å². The van der Waals surface area contributed by atoms with E-state index in [9.17, 15) is 29.9 Å². The van der Waals surface area contributed by atoms with Crippen molar-refractivity contribution in [3.63, 3.8) is 0 Å². The summed E-state index contributed by atoms with van der Waals surface area (Å²) in [7, 11) is 0. The second-order valence-electron chi connectivity index (χ2n) is 8.59. The van der Waals surface area contributed by atoms with Gasteiger partial charge in [0.2, 0.25) is 0 Å². The van der Waals surface area contributed by atoms with Crippen LogP contribution in [0.5, 0.6) is 5.75 Å². The predicted molar refractivity (Wildman–Crippen MR) is 136 cm³/mol. The summed E-state index contributed by atoms with van der Waals surface area (Å²) in [5, 5.41) is 34.5. The Balaban J connectivity index is 1.87. The molecule has 2 N–H and O–H groups in total. The number of carbonyl (C=O) groups is 2. The highest BCUT2D eigenvalue weighted by atomic mass is 16.6. The van der Waals surface area contributed by atoms with Crippen molar-refractivity contribution < 1.29 is 24.7 Å². The third kappa shape index (κ3) is 4.52. The highest BCUT2D eigenvalue weighted by Gasteiger charge is 2.46. The van der Waals surface area contributed by atoms with E-state index in [1.165, 1.54) is 11.0 Å². The standard InChI is InChI=1S/C27H27N3O6/c1-3-28(4-2)13-14-29-24(19-11-12-22(31)21(16-19)30(35)36)23(26(33)27(29)34)25(32)20-10-9-17-7-5-6-8-18(17)15-20/h5-12,15-16,24,31-32H,3-4,13-14H2,1-2H3/b25-23+. The van der Waals surface area contributed by atoms with Crippen LogP contribution in [0, 0.1) is 10.1 Å². The fraction of sp³-hybridized carbons (Fsp3) is 0.259. The van der Waals surface area contributed by atoms with Gasteiger partial charge in [-0.3, -0.25) is 19.7 Å². The first kappa shape index (κ1) is 24.9. The lowest BCUT2D eigenvalue weighted by Gasteiger charge is -2.28. The second kappa shape index (κ2) is 10.2. The minimum atomic E-state index is -1.05. The number of Topliss-reactive ketones (excluding diaryl/α,β-unsaturated/α-hetero) is 1. The van der Waals surface area contributed by atoms with Gasteiger partial charge in [0.25, 0.3) is 11.7 Å². The van der Waals surface area contributed by atoms with E-state index >= 15 is 0 Å². The van der Waals surface area contributed by atoms with Crippen molar-refractivity contribution in [2.45, 2.75) is 19.9 Å². The van der Waals surface area contributed by atoms with E-state index in [0.29, 0.717) is 12.1 Å². The first-order valence-electron chi connectivity index (χ1n) is 11.7. The number of nitro benzene ring substituents is 1. The number of ketones is 1. The van der Waals surface area contributed by atoms with Crippen molar-refractivity contribution in [2.24, 2.45) is 0 Å².